The predicted octanol–water partition coefficient (Wildman–Crippen LogP) is 0.992. The van der Waals surface area contributed by atoms with Gasteiger partial charge in [0.05, 0.1) is 7.11 Å². The van der Waals surface area contributed by atoms with Gasteiger partial charge in [-0.1, -0.05) is 0 Å². The van der Waals surface area contributed by atoms with Crippen LogP contribution in [0.3, 0.4) is 0 Å². The molecule has 0 saturated heterocycles. The van der Waals surface area contributed by atoms with Crippen molar-refractivity contribution in [1.29, 1.82) is 0 Å². The molecule has 0 aliphatic heterocycles. The normalized spacial score (nSPS) is 9.25. The van der Waals surface area contributed by atoms with Gasteiger partial charge in [-0.15, -0.1) is 0 Å². The Hall–Kier alpha value is -0.990. The smallest absolute Gasteiger partial charge is 0.304 e. The van der Waals surface area contributed by atoms with E-state index in [1.165, 1.54) is 6.20 Å². The summed E-state index contributed by atoms with van der Waals surface area (Å²) in [5, 5.41) is 0. The van der Waals surface area contributed by atoms with Gasteiger partial charge < -0.3 is 9.15 Å². The average molecular weight is 113 g/mol. The van der Waals surface area contributed by atoms with Crippen molar-refractivity contribution >= 4 is 0 Å². The quantitative estimate of drug-likeness (QED) is 0.544. The lowest BCUT2D eigenvalue weighted by atomic mass is 10.8. The molecule has 0 fully saturated rings. The van der Waals surface area contributed by atoms with E-state index < -0.39 is 0 Å². The van der Waals surface area contributed by atoms with Gasteiger partial charge in [0.25, 0.3) is 0 Å². The first kappa shape index (κ1) is 5.15. The SMILES string of the molecule is COc1cnc(C)o1. The molecule has 44 valence electrons. The molecule has 8 heavy (non-hydrogen) atoms. The van der Waals surface area contributed by atoms with Gasteiger partial charge in [-0.25, -0.2) is 4.98 Å². The number of hydrogen-bond donors (Lipinski definition) is 0. The third-order valence-corrected chi connectivity index (χ3v) is 0.801. The highest BCUT2D eigenvalue weighted by molar-refractivity contribution is 4.97. The zero-order chi connectivity index (χ0) is 5.98. The van der Waals surface area contributed by atoms with E-state index in [4.69, 9.17) is 9.15 Å². The van der Waals surface area contributed by atoms with Crippen LogP contribution in [0.15, 0.2) is 10.6 Å². The molecule has 0 aliphatic carbocycles. The fourth-order valence-electron chi connectivity index (χ4n) is 0.436. The summed E-state index contributed by atoms with van der Waals surface area (Å²) in [6, 6.07) is 0. The minimum absolute atomic E-state index is 0.461. The molecule has 0 bridgehead atoms. The third kappa shape index (κ3) is 0.804. The minimum Gasteiger partial charge on any atom is -0.467 e. The van der Waals surface area contributed by atoms with Crippen LogP contribution in [0.2, 0.25) is 0 Å². The molecule has 1 rings (SSSR count). The van der Waals surface area contributed by atoms with Crippen LogP contribution in [0.4, 0.5) is 0 Å². The molecular formula is C5H7NO2. The molecule has 0 radical (unpaired) electrons. The van der Waals surface area contributed by atoms with Crippen LogP contribution in [0.5, 0.6) is 5.95 Å². The average Bonchev–Trinajstić information content (AvgIpc) is 2.14. The molecule has 1 aromatic heterocycles. The Kier molecular flexibility index (Phi) is 1.20. The highest BCUT2D eigenvalue weighted by Crippen LogP contribution is 2.08. The van der Waals surface area contributed by atoms with Gasteiger partial charge in [-0.2, -0.15) is 0 Å². The van der Waals surface area contributed by atoms with Crippen LogP contribution < -0.4 is 4.74 Å². The number of hydrogen-bond acceptors (Lipinski definition) is 3. The molecule has 3 nitrogen and oxygen atoms in total. The Morgan fingerprint density at radius 3 is 2.75 bits per heavy atom. The zero-order valence-electron chi connectivity index (χ0n) is 4.84. The molecule has 0 aromatic carbocycles. The van der Waals surface area contributed by atoms with Gasteiger partial charge in [0.2, 0.25) is 0 Å². The molecule has 0 amide bonds. The lowest BCUT2D eigenvalue weighted by Gasteiger charge is -1.85. The summed E-state index contributed by atoms with van der Waals surface area (Å²) in [5.41, 5.74) is 0. The second-order valence-electron chi connectivity index (χ2n) is 1.40. The number of aromatic nitrogens is 1. The molecule has 0 spiro atoms. The minimum atomic E-state index is 0.461. The van der Waals surface area contributed by atoms with Gasteiger partial charge in [0, 0.05) is 6.92 Å². The topological polar surface area (TPSA) is 35.3 Å². The second kappa shape index (κ2) is 1.86. The Morgan fingerprint density at radius 1 is 1.75 bits per heavy atom. The van der Waals surface area contributed by atoms with Gasteiger partial charge in [-0.05, 0) is 0 Å². The molecule has 3 heteroatoms. The van der Waals surface area contributed by atoms with Crippen molar-refractivity contribution in [3.8, 4) is 5.95 Å². The van der Waals surface area contributed by atoms with Crippen molar-refractivity contribution in [2.75, 3.05) is 7.11 Å². The number of nitrogens with zero attached hydrogens (tertiary/aromatic N) is 1. The molecule has 0 saturated carbocycles. The Morgan fingerprint density at radius 2 is 2.50 bits per heavy atom. The first-order chi connectivity index (χ1) is 3.83. The summed E-state index contributed by atoms with van der Waals surface area (Å²) in [4.78, 5) is 3.80. The summed E-state index contributed by atoms with van der Waals surface area (Å²) in [5.74, 6) is 1.09. The van der Waals surface area contributed by atoms with Crippen LogP contribution in [0, 0.1) is 6.92 Å². The van der Waals surface area contributed by atoms with Gasteiger partial charge >= 0.3 is 5.95 Å². The van der Waals surface area contributed by atoms with Gasteiger partial charge in [-0.3, -0.25) is 0 Å². The van der Waals surface area contributed by atoms with Crippen LogP contribution in [-0.4, -0.2) is 12.1 Å². The Labute approximate surface area is 47.3 Å². The summed E-state index contributed by atoms with van der Waals surface area (Å²) >= 11 is 0. The van der Waals surface area contributed by atoms with Crippen LogP contribution >= 0.6 is 0 Å². The lowest BCUT2D eigenvalue weighted by molar-refractivity contribution is 0.297. The van der Waals surface area contributed by atoms with E-state index in [0.717, 1.165) is 0 Å². The molecule has 0 aliphatic rings. The number of methoxy groups -OCH3 is 1. The van der Waals surface area contributed by atoms with E-state index in [2.05, 4.69) is 4.98 Å². The molecular weight excluding hydrogens is 106 g/mol. The maximum atomic E-state index is 4.90. The van der Waals surface area contributed by atoms with E-state index in [1.807, 2.05) is 0 Å². The molecule has 0 atom stereocenters. The summed E-state index contributed by atoms with van der Waals surface area (Å²) in [7, 11) is 1.54. The first-order valence-corrected chi connectivity index (χ1v) is 2.29. The highest BCUT2D eigenvalue weighted by atomic mass is 16.6. The largest absolute Gasteiger partial charge is 0.467 e. The predicted molar refractivity (Wildman–Crippen MR) is 27.8 cm³/mol. The van der Waals surface area contributed by atoms with Crippen LogP contribution in [-0.2, 0) is 0 Å². The van der Waals surface area contributed by atoms with Crippen molar-refractivity contribution in [2.45, 2.75) is 6.92 Å². The van der Waals surface area contributed by atoms with Crippen LogP contribution in [0.25, 0.3) is 0 Å². The maximum Gasteiger partial charge on any atom is 0.304 e. The number of aryl methyl sites for hydroxylation is 1. The summed E-state index contributed by atoms with van der Waals surface area (Å²) < 4.78 is 9.61. The van der Waals surface area contributed by atoms with Crippen molar-refractivity contribution in [1.82, 2.24) is 4.98 Å². The molecule has 0 N–H and O–H groups in total. The van der Waals surface area contributed by atoms with Crippen molar-refractivity contribution in [3.05, 3.63) is 12.1 Å². The third-order valence-electron chi connectivity index (χ3n) is 0.801. The van der Waals surface area contributed by atoms with Crippen LogP contribution in [0.1, 0.15) is 5.89 Å². The number of oxazole rings is 1. The molecule has 1 aromatic rings. The summed E-state index contributed by atoms with van der Waals surface area (Å²) in [6.07, 6.45) is 1.54. The second-order valence-corrected chi connectivity index (χ2v) is 1.40. The van der Waals surface area contributed by atoms with Crippen molar-refractivity contribution in [2.24, 2.45) is 0 Å². The van der Waals surface area contributed by atoms with E-state index in [-0.39, 0.29) is 0 Å². The Balaban J connectivity index is 2.84. The van der Waals surface area contributed by atoms with Crippen molar-refractivity contribution < 1.29 is 9.15 Å². The first-order valence-electron chi connectivity index (χ1n) is 2.29. The standard InChI is InChI=1S/C5H7NO2/c1-4-6-3-5(7-2)8-4/h3H,1-2H3. The fraction of sp³-hybridized carbons (Fsp3) is 0.400. The van der Waals surface area contributed by atoms with E-state index in [1.54, 1.807) is 14.0 Å². The maximum absolute atomic E-state index is 4.90. The summed E-state index contributed by atoms with van der Waals surface area (Å²) in [6.45, 7) is 1.77. The lowest BCUT2D eigenvalue weighted by Crippen LogP contribution is -1.75. The Bertz CT molecular complexity index is 171. The molecule has 0 unspecified atom stereocenters. The monoisotopic (exact) mass is 113 g/mol. The molecule has 1 heterocycles. The van der Waals surface area contributed by atoms with E-state index in [9.17, 15) is 0 Å². The van der Waals surface area contributed by atoms with Crippen molar-refractivity contribution in [3.63, 3.8) is 0 Å². The van der Waals surface area contributed by atoms with Gasteiger partial charge in [0.15, 0.2) is 5.89 Å². The number of rotatable bonds is 1. The van der Waals surface area contributed by atoms with E-state index >= 15 is 0 Å². The van der Waals surface area contributed by atoms with Gasteiger partial charge in [0.1, 0.15) is 6.20 Å². The highest BCUT2D eigenvalue weighted by Gasteiger charge is 1.94. The number of ether oxygens (including phenoxy) is 1. The zero-order valence-corrected chi connectivity index (χ0v) is 4.84. The van der Waals surface area contributed by atoms with E-state index in [0.29, 0.717) is 11.8 Å². The fourth-order valence-corrected chi connectivity index (χ4v) is 0.436.